The SMILES string of the molecule is O=C(O)CCC=CC[C@@H]1COC(c2ccc3ccccc3c2)O[C@@H]1c1ccccc1O. The Morgan fingerprint density at radius 1 is 1.00 bits per heavy atom. The first-order valence-electron chi connectivity index (χ1n) is 10.5. The van der Waals surface area contributed by atoms with Crippen molar-refractivity contribution in [2.75, 3.05) is 6.61 Å². The first-order chi connectivity index (χ1) is 15.1. The van der Waals surface area contributed by atoms with E-state index < -0.39 is 12.3 Å². The zero-order valence-electron chi connectivity index (χ0n) is 17.2. The van der Waals surface area contributed by atoms with Crippen molar-refractivity contribution in [3.05, 3.63) is 90.0 Å². The third kappa shape index (κ3) is 5.13. The summed E-state index contributed by atoms with van der Waals surface area (Å²) in [4.78, 5) is 10.7. The third-order valence-corrected chi connectivity index (χ3v) is 5.58. The highest BCUT2D eigenvalue weighted by atomic mass is 16.7. The van der Waals surface area contributed by atoms with Crippen LogP contribution in [0.4, 0.5) is 0 Å². The number of hydrogen-bond acceptors (Lipinski definition) is 4. The van der Waals surface area contributed by atoms with E-state index in [-0.39, 0.29) is 24.2 Å². The molecular formula is C26H26O5. The van der Waals surface area contributed by atoms with Crippen LogP contribution in [0.1, 0.15) is 42.8 Å². The summed E-state index contributed by atoms with van der Waals surface area (Å²) in [5, 5.41) is 21.5. The largest absolute Gasteiger partial charge is 0.508 e. The molecular weight excluding hydrogens is 392 g/mol. The molecule has 3 aromatic carbocycles. The molecule has 2 N–H and O–H groups in total. The van der Waals surface area contributed by atoms with Gasteiger partial charge in [-0.25, -0.2) is 0 Å². The van der Waals surface area contributed by atoms with Crippen molar-refractivity contribution in [1.82, 2.24) is 0 Å². The van der Waals surface area contributed by atoms with E-state index in [2.05, 4.69) is 24.3 Å². The lowest BCUT2D eigenvalue weighted by Crippen LogP contribution is -2.30. The average molecular weight is 418 g/mol. The third-order valence-electron chi connectivity index (χ3n) is 5.58. The maximum atomic E-state index is 10.7. The van der Waals surface area contributed by atoms with E-state index in [1.165, 1.54) is 0 Å². The van der Waals surface area contributed by atoms with Gasteiger partial charge in [0.05, 0.1) is 12.7 Å². The number of fused-ring (bicyclic) bond motifs is 1. The van der Waals surface area contributed by atoms with Crippen LogP contribution >= 0.6 is 0 Å². The Labute approximate surface area is 181 Å². The fraction of sp³-hybridized carbons (Fsp3) is 0.269. The normalized spacial score (nSPS) is 21.5. The highest BCUT2D eigenvalue weighted by Gasteiger charge is 2.34. The number of hydrogen-bond donors (Lipinski definition) is 2. The van der Waals surface area contributed by atoms with Crippen LogP contribution in [0.15, 0.2) is 78.9 Å². The van der Waals surface area contributed by atoms with Crippen LogP contribution in [-0.4, -0.2) is 22.8 Å². The molecule has 1 unspecified atom stereocenters. The summed E-state index contributed by atoms with van der Waals surface area (Å²) in [6.07, 6.45) is 4.27. The van der Waals surface area contributed by atoms with E-state index in [0.717, 1.165) is 21.9 Å². The second-order valence-corrected chi connectivity index (χ2v) is 7.79. The monoisotopic (exact) mass is 418 g/mol. The number of carbonyl (C=O) groups is 1. The summed E-state index contributed by atoms with van der Waals surface area (Å²) in [7, 11) is 0. The van der Waals surface area contributed by atoms with E-state index in [0.29, 0.717) is 19.4 Å². The number of aromatic hydroxyl groups is 1. The van der Waals surface area contributed by atoms with Gasteiger partial charge in [0.1, 0.15) is 5.75 Å². The van der Waals surface area contributed by atoms with Crippen molar-refractivity contribution in [2.24, 2.45) is 5.92 Å². The molecule has 3 atom stereocenters. The van der Waals surface area contributed by atoms with Crippen LogP contribution in [-0.2, 0) is 14.3 Å². The van der Waals surface area contributed by atoms with Gasteiger partial charge in [-0.15, -0.1) is 0 Å². The Morgan fingerprint density at radius 3 is 2.58 bits per heavy atom. The molecule has 3 aromatic rings. The average Bonchev–Trinajstić information content (AvgIpc) is 2.79. The molecule has 0 saturated carbocycles. The van der Waals surface area contributed by atoms with Gasteiger partial charge in [-0.05, 0) is 35.7 Å². The fourth-order valence-electron chi connectivity index (χ4n) is 3.95. The summed E-state index contributed by atoms with van der Waals surface area (Å²) in [5.41, 5.74) is 1.68. The smallest absolute Gasteiger partial charge is 0.303 e. The molecule has 1 aliphatic heterocycles. The van der Waals surface area contributed by atoms with E-state index in [4.69, 9.17) is 14.6 Å². The standard InChI is InChI=1S/C26H26O5/c27-23-12-7-6-11-22(23)25-21(10-2-1-3-13-24(28)29)17-30-26(31-25)20-15-14-18-8-4-5-9-19(18)16-20/h1-2,4-9,11-12,14-16,21,25-27H,3,10,13,17H2,(H,28,29)/t21-,25+,26?/m1/s1. The van der Waals surface area contributed by atoms with Crippen molar-refractivity contribution in [3.63, 3.8) is 0 Å². The van der Waals surface area contributed by atoms with Crippen LogP contribution in [0.25, 0.3) is 10.8 Å². The van der Waals surface area contributed by atoms with Gasteiger partial charge in [0.2, 0.25) is 0 Å². The Morgan fingerprint density at radius 2 is 1.77 bits per heavy atom. The molecule has 31 heavy (non-hydrogen) atoms. The first kappa shape index (κ1) is 21.1. The summed E-state index contributed by atoms with van der Waals surface area (Å²) >= 11 is 0. The topological polar surface area (TPSA) is 76.0 Å². The number of carboxylic acids is 1. The lowest BCUT2D eigenvalue weighted by molar-refractivity contribution is -0.244. The van der Waals surface area contributed by atoms with Crippen molar-refractivity contribution in [2.45, 2.75) is 31.7 Å². The molecule has 5 nitrogen and oxygen atoms in total. The minimum absolute atomic E-state index is 0.00563. The van der Waals surface area contributed by atoms with E-state index in [9.17, 15) is 9.90 Å². The molecule has 1 heterocycles. The lowest BCUT2D eigenvalue weighted by Gasteiger charge is -2.37. The molecule has 1 aliphatic rings. The van der Waals surface area contributed by atoms with Crippen LogP contribution < -0.4 is 0 Å². The summed E-state index contributed by atoms with van der Waals surface area (Å²) < 4.78 is 12.5. The summed E-state index contributed by atoms with van der Waals surface area (Å²) in [5.74, 6) is -0.600. The van der Waals surface area contributed by atoms with E-state index >= 15 is 0 Å². The number of rotatable bonds is 7. The zero-order chi connectivity index (χ0) is 21.6. The van der Waals surface area contributed by atoms with Crippen molar-refractivity contribution < 1.29 is 24.5 Å². The van der Waals surface area contributed by atoms with Gasteiger partial charge in [-0.3, -0.25) is 4.79 Å². The molecule has 1 fully saturated rings. The Kier molecular flexibility index (Phi) is 6.65. The number of benzene rings is 3. The molecule has 0 radical (unpaired) electrons. The zero-order valence-corrected chi connectivity index (χ0v) is 17.2. The highest BCUT2D eigenvalue weighted by molar-refractivity contribution is 5.83. The summed E-state index contributed by atoms with van der Waals surface area (Å²) in [6, 6.07) is 21.5. The maximum Gasteiger partial charge on any atom is 0.303 e. The van der Waals surface area contributed by atoms with Gasteiger partial charge in [0.15, 0.2) is 6.29 Å². The second kappa shape index (κ2) is 9.77. The van der Waals surface area contributed by atoms with Gasteiger partial charge in [-0.1, -0.05) is 66.7 Å². The van der Waals surface area contributed by atoms with Gasteiger partial charge in [0, 0.05) is 23.5 Å². The molecule has 160 valence electrons. The Balaban J connectivity index is 1.54. The lowest BCUT2D eigenvalue weighted by atomic mass is 9.91. The minimum atomic E-state index is -0.806. The van der Waals surface area contributed by atoms with Crippen LogP contribution in [0.5, 0.6) is 5.75 Å². The first-order valence-corrected chi connectivity index (χ1v) is 10.5. The van der Waals surface area contributed by atoms with Crippen LogP contribution in [0.2, 0.25) is 0 Å². The quantitative estimate of drug-likeness (QED) is 0.477. The molecule has 5 heteroatoms. The van der Waals surface area contributed by atoms with Crippen molar-refractivity contribution in [3.8, 4) is 5.75 Å². The number of carboxylic acid groups (broad SMARTS) is 1. The predicted octanol–water partition coefficient (Wildman–Crippen LogP) is 5.76. The van der Waals surface area contributed by atoms with Crippen LogP contribution in [0, 0.1) is 5.92 Å². The number of phenols is 1. The molecule has 0 amide bonds. The van der Waals surface area contributed by atoms with Gasteiger partial charge >= 0.3 is 5.97 Å². The van der Waals surface area contributed by atoms with Gasteiger partial charge in [0.25, 0.3) is 0 Å². The fourth-order valence-corrected chi connectivity index (χ4v) is 3.95. The number of ether oxygens (including phenoxy) is 2. The Hall–Kier alpha value is -3.15. The van der Waals surface area contributed by atoms with Crippen molar-refractivity contribution in [1.29, 1.82) is 0 Å². The number of para-hydroxylation sites is 1. The molecule has 0 aliphatic carbocycles. The maximum absolute atomic E-state index is 10.7. The van der Waals surface area contributed by atoms with E-state index in [1.54, 1.807) is 12.1 Å². The Bertz CT molecular complexity index is 1070. The molecule has 1 saturated heterocycles. The second-order valence-electron chi connectivity index (χ2n) is 7.79. The van der Waals surface area contributed by atoms with Gasteiger partial charge in [-0.2, -0.15) is 0 Å². The van der Waals surface area contributed by atoms with E-state index in [1.807, 2.05) is 42.5 Å². The van der Waals surface area contributed by atoms with Crippen molar-refractivity contribution >= 4 is 16.7 Å². The van der Waals surface area contributed by atoms with Gasteiger partial charge < -0.3 is 19.7 Å². The highest BCUT2D eigenvalue weighted by Crippen LogP contribution is 2.42. The molecule has 0 spiro atoms. The summed E-state index contributed by atoms with van der Waals surface area (Å²) in [6.45, 7) is 0.472. The number of aliphatic carboxylic acids is 1. The minimum Gasteiger partial charge on any atom is -0.508 e. The van der Waals surface area contributed by atoms with Crippen LogP contribution in [0.3, 0.4) is 0 Å². The molecule has 0 aromatic heterocycles. The number of allylic oxidation sites excluding steroid dienone is 2. The molecule has 0 bridgehead atoms. The predicted molar refractivity (Wildman–Crippen MR) is 119 cm³/mol. The number of phenolic OH excluding ortho intramolecular Hbond substituents is 1. The molecule has 4 rings (SSSR count).